The first-order valence-electron chi connectivity index (χ1n) is 5.40. The molecule has 1 N–H and O–H groups in total. The number of aromatic amines is 1. The number of aryl methyl sites for hydroxylation is 1. The number of methoxy groups -OCH3 is 1. The number of carbonyl (C=O) groups is 1. The zero-order valence-electron chi connectivity index (χ0n) is 10.0. The van der Waals surface area contributed by atoms with Gasteiger partial charge < -0.3 is 9.72 Å². The number of pyridine rings is 1. The number of rotatable bonds is 2. The second-order valence-corrected chi connectivity index (χ2v) is 4.03. The van der Waals surface area contributed by atoms with Crippen LogP contribution in [-0.4, -0.2) is 18.1 Å². The van der Waals surface area contributed by atoms with Crippen molar-refractivity contribution in [2.75, 3.05) is 7.11 Å². The van der Waals surface area contributed by atoms with Gasteiger partial charge >= 0.3 is 5.97 Å². The first-order valence-corrected chi connectivity index (χ1v) is 5.40. The van der Waals surface area contributed by atoms with E-state index in [2.05, 4.69) is 9.72 Å². The lowest BCUT2D eigenvalue weighted by Crippen LogP contribution is -2.12. The summed E-state index contributed by atoms with van der Waals surface area (Å²) in [7, 11) is 1.25. The van der Waals surface area contributed by atoms with Crippen LogP contribution in [0, 0.1) is 12.7 Å². The summed E-state index contributed by atoms with van der Waals surface area (Å²) in [6.07, 6.45) is -0.128. The zero-order chi connectivity index (χ0) is 13.3. The maximum absolute atomic E-state index is 13.8. The highest BCUT2D eigenvalue weighted by atomic mass is 19.1. The number of halogens is 1. The van der Waals surface area contributed by atoms with Crippen LogP contribution in [0.4, 0.5) is 4.39 Å². The van der Waals surface area contributed by atoms with Gasteiger partial charge in [0.2, 0.25) is 5.56 Å². The molecule has 0 aliphatic heterocycles. The van der Waals surface area contributed by atoms with Gasteiger partial charge in [0, 0.05) is 11.5 Å². The summed E-state index contributed by atoms with van der Waals surface area (Å²) in [4.78, 5) is 25.4. The highest BCUT2D eigenvalue weighted by Gasteiger charge is 2.13. The van der Waals surface area contributed by atoms with Crippen molar-refractivity contribution in [3.05, 3.63) is 45.5 Å². The standard InChI is InChI=1S/C13H12FNO3/c1-7-3-4-9(14)12-8(6-11(17)18-2)5-10(16)15-13(7)12/h3-5H,6H2,1-2H3,(H,15,16). The Morgan fingerprint density at radius 3 is 2.83 bits per heavy atom. The van der Waals surface area contributed by atoms with Crippen LogP contribution in [0.5, 0.6) is 0 Å². The van der Waals surface area contributed by atoms with Gasteiger partial charge in [-0.3, -0.25) is 9.59 Å². The van der Waals surface area contributed by atoms with Crippen molar-refractivity contribution in [1.29, 1.82) is 0 Å². The summed E-state index contributed by atoms with van der Waals surface area (Å²) in [6.45, 7) is 1.76. The molecule has 2 rings (SSSR count). The van der Waals surface area contributed by atoms with Gasteiger partial charge in [0.1, 0.15) is 5.82 Å². The molecule has 1 aromatic heterocycles. The van der Waals surface area contributed by atoms with Crippen LogP contribution in [0.1, 0.15) is 11.1 Å². The first-order chi connectivity index (χ1) is 8.52. The average Bonchev–Trinajstić information content (AvgIpc) is 2.33. The predicted molar refractivity (Wildman–Crippen MR) is 65.0 cm³/mol. The number of ether oxygens (including phenoxy) is 1. The van der Waals surface area contributed by atoms with Gasteiger partial charge in [-0.15, -0.1) is 0 Å². The lowest BCUT2D eigenvalue weighted by molar-refractivity contribution is -0.139. The molecule has 0 bridgehead atoms. The highest BCUT2D eigenvalue weighted by Crippen LogP contribution is 2.22. The molecule has 1 aromatic carbocycles. The normalized spacial score (nSPS) is 10.6. The molecule has 18 heavy (non-hydrogen) atoms. The fourth-order valence-electron chi connectivity index (χ4n) is 1.91. The Balaban J connectivity index is 2.76. The first kappa shape index (κ1) is 12.3. The van der Waals surface area contributed by atoms with E-state index < -0.39 is 11.8 Å². The van der Waals surface area contributed by atoms with Gasteiger partial charge in [-0.2, -0.15) is 0 Å². The van der Waals surface area contributed by atoms with Crippen molar-refractivity contribution in [1.82, 2.24) is 4.98 Å². The highest BCUT2D eigenvalue weighted by molar-refractivity contribution is 5.88. The number of H-pyrrole nitrogens is 1. The number of hydrogen-bond donors (Lipinski definition) is 1. The Morgan fingerprint density at radius 2 is 2.17 bits per heavy atom. The van der Waals surface area contributed by atoms with Crippen molar-refractivity contribution < 1.29 is 13.9 Å². The second kappa shape index (κ2) is 4.60. The molecule has 5 heteroatoms. The molecule has 0 atom stereocenters. The molecule has 94 valence electrons. The SMILES string of the molecule is COC(=O)Cc1cc(=O)[nH]c2c(C)ccc(F)c12. The summed E-state index contributed by atoms with van der Waals surface area (Å²) in [6, 6.07) is 4.12. The van der Waals surface area contributed by atoms with Crippen LogP contribution < -0.4 is 5.56 Å². The van der Waals surface area contributed by atoms with E-state index in [-0.39, 0.29) is 17.4 Å². The molecular weight excluding hydrogens is 237 g/mol. The van der Waals surface area contributed by atoms with Gasteiger partial charge in [0.25, 0.3) is 0 Å². The van der Waals surface area contributed by atoms with Gasteiger partial charge in [-0.25, -0.2) is 4.39 Å². The van der Waals surface area contributed by atoms with Crippen molar-refractivity contribution in [2.24, 2.45) is 0 Å². The van der Waals surface area contributed by atoms with Crippen molar-refractivity contribution in [2.45, 2.75) is 13.3 Å². The minimum absolute atomic E-state index is 0.128. The summed E-state index contributed by atoms with van der Waals surface area (Å²) >= 11 is 0. The third-order valence-electron chi connectivity index (χ3n) is 2.80. The largest absolute Gasteiger partial charge is 0.469 e. The van der Waals surface area contributed by atoms with Gasteiger partial charge in [-0.1, -0.05) is 6.07 Å². The van der Waals surface area contributed by atoms with Crippen LogP contribution >= 0.6 is 0 Å². The molecule has 0 aliphatic carbocycles. The van der Waals surface area contributed by atoms with Gasteiger partial charge in [0.15, 0.2) is 0 Å². The van der Waals surface area contributed by atoms with E-state index in [1.807, 2.05) is 0 Å². The minimum atomic E-state index is -0.511. The van der Waals surface area contributed by atoms with Crippen LogP contribution in [-0.2, 0) is 16.0 Å². The zero-order valence-corrected chi connectivity index (χ0v) is 10.0. The van der Waals surface area contributed by atoms with E-state index in [9.17, 15) is 14.0 Å². The van der Waals surface area contributed by atoms with Crippen LogP contribution in [0.15, 0.2) is 23.0 Å². The van der Waals surface area contributed by atoms with Gasteiger partial charge in [-0.05, 0) is 24.1 Å². The molecule has 0 unspecified atom stereocenters. The minimum Gasteiger partial charge on any atom is -0.469 e. The summed E-state index contributed by atoms with van der Waals surface area (Å²) in [5.74, 6) is -0.978. The molecule has 0 aliphatic rings. The molecule has 0 fully saturated rings. The van der Waals surface area contributed by atoms with E-state index >= 15 is 0 Å². The van der Waals surface area contributed by atoms with Crippen LogP contribution in [0.2, 0.25) is 0 Å². The number of aromatic nitrogens is 1. The summed E-state index contributed by atoms with van der Waals surface area (Å²) < 4.78 is 18.4. The fraction of sp³-hybridized carbons (Fsp3) is 0.231. The molecule has 0 radical (unpaired) electrons. The Kier molecular flexibility index (Phi) is 3.14. The van der Waals surface area contributed by atoms with Crippen molar-refractivity contribution in [3.8, 4) is 0 Å². The van der Waals surface area contributed by atoms with Crippen LogP contribution in [0.3, 0.4) is 0 Å². The molecule has 0 saturated heterocycles. The van der Waals surface area contributed by atoms with E-state index in [4.69, 9.17) is 0 Å². The Bertz CT molecular complexity index is 676. The number of hydrogen-bond acceptors (Lipinski definition) is 3. The number of nitrogens with one attached hydrogen (secondary N) is 1. The Hall–Kier alpha value is -2.17. The molecule has 0 spiro atoms. The summed E-state index contributed by atoms with van der Waals surface area (Å²) in [5.41, 5.74) is 1.13. The summed E-state index contributed by atoms with van der Waals surface area (Å²) in [5, 5.41) is 0.264. The molecule has 1 heterocycles. The maximum Gasteiger partial charge on any atom is 0.310 e. The molecule has 0 amide bonds. The Labute approximate surface area is 102 Å². The average molecular weight is 249 g/mol. The lowest BCUT2D eigenvalue weighted by Gasteiger charge is -2.08. The number of fused-ring (bicyclic) bond motifs is 1. The second-order valence-electron chi connectivity index (χ2n) is 4.03. The third kappa shape index (κ3) is 2.11. The fourth-order valence-corrected chi connectivity index (χ4v) is 1.91. The van der Waals surface area contributed by atoms with E-state index in [0.29, 0.717) is 11.1 Å². The van der Waals surface area contributed by atoms with E-state index in [1.54, 1.807) is 13.0 Å². The predicted octanol–water partition coefficient (Wildman–Crippen LogP) is 1.69. The molecular formula is C13H12FNO3. The van der Waals surface area contributed by atoms with Crippen molar-refractivity contribution >= 4 is 16.9 Å². The Morgan fingerprint density at radius 1 is 1.44 bits per heavy atom. The molecule has 0 saturated carbocycles. The number of benzene rings is 1. The molecule has 4 nitrogen and oxygen atoms in total. The van der Waals surface area contributed by atoms with Gasteiger partial charge in [0.05, 0.1) is 19.0 Å². The van der Waals surface area contributed by atoms with Crippen molar-refractivity contribution in [3.63, 3.8) is 0 Å². The third-order valence-corrected chi connectivity index (χ3v) is 2.80. The van der Waals surface area contributed by atoms with E-state index in [0.717, 1.165) is 5.56 Å². The molecule has 2 aromatic rings. The van der Waals surface area contributed by atoms with Crippen LogP contribution in [0.25, 0.3) is 10.9 Å². The quantitative estimate of drug-likeness (QED) is 0.824. The monoisotopic (exact) mass is 249 g/mol. The number of carbonyl (C=O) groups excluding carboxylic acids is 1. The van der Waals surface area contributed by atoms with E-state index in [1.165, 1.54) is 19.2 Å². The lowest BCUT2D eigenvalue weighted by atomic mass is 10.0. The topological polar surface area (TPSA) is 59.2 Å². The smallest absolute Gasteiger partial charge is 0.310 e. The maximum atomic E-state index is 13.8. The number of esters is 1.